The molecule has 0 radical (unpaired) electrons. The summed E-state index contributed by atoms with van der Waals surface area (Å²) in [6.07, 6.45) is 0. The molecule has 0 unspecified atom stereocenters. The lowest BCUT2D eigenvalue weighted by Crippen LogP contribution is -1.97. The molecular formula is C11H7Cl3O2S. The van der Waals surface area contributed by atoms with Gasteiger partial charge in [-0.25, -0.2) is 4.79 Å². The summed E-state index contributed by atoms with van der Waals surface area (Å²) in [6.45, 7) is 0. The first-order valence-electron chi connectivity index (χ1n) is 4.63. The second-order valence-electron chi connectivity index (χ2n) is 3.29. The third kappa shape index (κ3) is 2.38. The van der Waals surface area contributed by atoms with E-state index in [1.807, 2.05) is 6.07 Å². The minimum absolute atomic E-state index is 0.382. The van der Waals surface area contributed by atoms with Crippen LogP contribution >= 0.6 is 46.1 Å². The van der Waals surface area contributed by atoms with Gasteiger partial charge in [0.25, 0.3) is 0 Å². The fraction of sp³-hybridized carbons (Fsp3) is 0.182. The van der Waals surface area contributed by atoms with E-state index in [9.17, 15) is 4.79 Å². The van der Waals surface area contributed by atoms with Gasteiger partial charge in [-0.15, -0.1) is 34.5 Å². The zero-order valence-corrected chi connectivity index (χ0v) is 11.8. The van der Waals surface area contributed by atoms with Gasteiger partial charge in [0, 0.05) is 10.1 Å². The van der Waals surface area contributed by atoms with Crippen molar-refractivity contribution >= 4 is 62.2 Å². The predicted octanol–water partition coefficient (Wildman–Crippen LogP) is 4.82. The lowest BCUT2D eigenvalue weighted by atomic mass is 10.2. The number of ether oxygens (including phenoxy) is 1. The van der Waals surface area contributed by atoms with E-state index in [0.29, 0.717) is 9.90 Å². The van der Waals surface area contributed by atoms with E-state index >= 15 is 0 Å². The number of alkyl halides is 2. The number of thiophene rings is 1. The number of fused-ring (bicyclic) bond motifs is 1. The minimum Gasteiger partial charge on any atom is -0.465 e. The Bertz CT molecular complexity index is 577. The van der Waals surface area contributed by atoms with Gasteiger partial charge in [-0.05, 0) is 17.7 Å². The van der Waals surface area contributed by atoms with Crippen LogP contribution in [0.4, 0.5) is 0 Å². The number of esters is 1. The van der Waals surface area contributed by atoms with Gasteiger partial charge in [0.2, 0.25) is 0 Å². The van der Waals surface area contributed by atoms with Crippen LogP contribution in [0.25, 0.3) is 10.1 Å². The molecule has 0 saturated carbocycles. The third-order valence-electron chi connectivity index (χ3n) is 2.27. The fourth-order valence-corrected chi connectivity index (χ4v) is 3.11. The zero-order valence-electron chi connectivity index (χ0n) is 8.67. The van der Waals surface area contributed by atoms with Crippen LogP contribution in [-0.4, -0.2) is 13.1 Å². The van der Waals surface area contributed by atoms with E-state index in [-0.39, 0.29) is 0 Å². The number of hydrogen-bond acceptors (Lipinski definition) is 3. The van der Waals surface area contributed by atoms with Crippen molar-refractivity contribution in [3.8, 4) is 0 Å². The maximum Gasteiger partial charge on any atom is 0.349 e. The van der Waals surface area contributed by atoms with Gasteiger partial charge in [0.1, 0.15) is 9.71 Å². The molecular weight excluding hydrogens is 303 g/mol. The molecule has 0 N–H and O–H groups in total. The molecule has 6 heteroatoms. The van der Waals surface area contributed by atoms with E-state index < -0.39 is 10.8 Å². The summed E-state index contributed by atoms with van der Waals surface area (Å²) in [4.78, 5) is 11.3. The zero-order chi connectivity index (χ0) is 12.6. The summed E-state index contributed by atoms with van der Waals surface area (Å²) in [5.74, 6) is -0.439. The van der Waals surface area contributed by atoms with Gasteiger partial charge in [-0.3, -0.25) is 0 Å². The molecule has 0 atom stereocenters. The van der Waals surface area contributed by atoms with Crippen molar-refractivity contribution in [2.75, 3.05) is 7.11 Å². The average molecular weight is 310 g/mol. The Kier molecular flexibility index (Phi) is 3.83. The highest BCUT2D eigenvalue weighted by atomic mass is 35.5. The van der Waals surface area contributed by atoms with Crippen molar-refractivity contribution in [2.45, 2.75) is 4.84 Å². The monoisotopic (exact) mass is 308 g/mol. The van der Waals surface area contributed by atoms with E-state index in [4.69, 9.17) is 34.8 Å². The Labute approximate surface area is 117 Å². The first-order chi connectivity index (χ1) is 8.04. The molecule has 0 bridgehead atoms. The van der Waals surface area contributed by atoms with Gasteiger partial charge < -0.3 is 4.74 Å². The molecule has 0 saturated heterocycles. The Balaban J connectivity index is 2.62. The SMILES string of the molecule is COC(=O)c1sc2ccc(C(Cl)Cl)cc2c1Cl. The first kappa shape index (κ1) is 13.0. The smallest absolute Gasteiger partial charge is 0.349 e. The van der Waals surface area contributed by atoms with Crippen molar-refractivity contribution in [2.24, 2.45) is 0 Å². The average Bonchev–Trinajstić information content (AvgIpc) is 2.65. The molecule has 0 fully saturated rings. The molecule has 1 aromatic heterocycles. The van der Waals surface area contributed by atoms with E-state index in [2.05, 4.69) is 4.74 Å². The molecule has 0 aliphatic heterocycles. The molecule has 17 heavy (non-hydrogen) atoms. The van der Waals surface area contributed by atoms with Crippen molar-refractivity contribution in [3.05, 3.63) is 33.7 Å². The Hall–Kier alpha value is -0.480. The fourth-order valence-electron chi connectivity index (χ4n) is 1.44. The molecule has 1 aromatic carbocycles. The van der Waals surface area contributed by atoms with Gasteiger partial charge >= 0.3 is 5.97 Å². The van der Waals surface area contributed by atoms with Crippen LogP contribution in [-0.2, 0) is 4.74 Å². The van der Waals surface area contributed by atoms with Crippen molar-refractivity contribution < 1.29 is 9.53 Å². The first-order valence-corrected chi connectivity index (χ1v) is 6.69. The second kappa shape index (κ2) is 5.02. The summed E-state index contributed by atoms with van der Waals surface area (Å²) >= 11 is 19.0. The highest BCUT2D eigenvalue weighted by molar-refractivity contribution is 7.21. The predicted molar refractivity (Wildman–Crippen MR) is 72.6 cm³/mol. The van der Waals surface area contributed by atoms with Crippen LogP contribution in [0.1, 0.15) is 20.1 Å². The van der Waals surface area contributed by atoms with Crippen molar-refractivity contribution in [1.82, 2.24) is 0 Å². The van der Waals surface area contributed by atoms with Gasteiger partial charge in [0.15, 0.2) is 0 Å². The molecule has 2 aromatic rings. The highest BCUT2D eigenvalue weighted by Gasteiger charge is 2.18. The lowest BCUT2D eigenvalue weighted by molar-refractivity contribution is 0.0606. The summed E-state index contributed by atoms with van der Waals surface area (Å²) in [7, 11) is 1.32. The molecule has 90 valence electrons. The van der Waals surface area contributed by atoms with Gasteiger partial charge in [0.05, 0.1) is 12.1 Å². The quantitative estimate of drug-likeness (QED) is 0.587. The molecule has 0 spiro atoms. The van der Waals surface area contributed by atoms with Crippen LogP contribution in [0.2, 0.25) is 5.02 Å². The number of carbonyl (C=O) groups is 1. The van der Waals surface area contributed by atoms with E-state index in [1.54, 1.807) is 12.1 Å². The molecule has 0 amide bonds. The van der Waals surface area contributed by atoms with Gasteiger partial charge in [-0.2, -0.15) is 0 Å². The highest BCUT2D eigenvalue weighted by Crippen LogP contribution is 2.38. The number of halogens is 3. The summed E-state index contributed by atoms with van der Waals surface area (Å²) in [5.41, 5.74) is 0.747. The molecule has 2 nitrogen and oxygen atoms in total. The van der Waals surface area contributed by atoms with E-state index in [0.717, 1.165) is 15.6 Å². The topological polar surface area (TPSA) is 26.3 Å². The van der Waals surface area contributed by atoms with Gasteiger partial charge in [-0.1, -0.05) is 17.7 Å². The van der Waals surface area contributed by atoms with Crippen LogP contribution in [0, 0.1) is 0 Å². The van der Waals surface area contributed by atoms with Crippen LogP contribution in [0.5, 0.6) is 0 Å². The number of rotatable bonds is 2. The Morgan fingerprint density at radius 2 is 2.12 bits per heavy atom. The number of benzene rings is 1. The largest absolute Gasteiger partial charge is 0.465 e. The summed E-state index contributed by atoms with van der Waals surface area (Å²) in [6, 6.07) is 5.43. The number of carbonyl (C=O) groups excluding carboxylic acids is 1. The molecule has 0 aliphatic carbocycles. The Morgan fingerprint density at radius 3 is 2.71 bits per heavy atom. The van der Waals surface area contributed by atoms with Crippen molar-refractivity contribution in [3.63, 3.8) is 0 Å². The number of hydrogen-bond donors (Lipinski definition) is 0. The Morgan fingerprint density at radius 1 is 1.41 bits per heavy atom. The van der Waals surface area contributed by atoms with Crippen molar-refractivity contribution in [1.29, 1.82) is 0 Å². The lowest BCUT2D eigenvalue weighted by Gasteiger charge is -2.00. The number of methoxy groups -OCH3 is 1. The second-order valence-corrected chi connectivity index (χ2v) is 5.82. The van der Waals surface area contributed by atoms with Crippen LogP contribution in [0.15, 0.2) is 18.2 Å². The maximum absolute atomic E-state index is 11.5. The standard InChI is InChI=1S/C11H7Cl3O2S/c1-16-11(15)9-8(12)6-4-5(10(13)14)2-3-7(6)17-9/h2-4,10H,1H3. The molecule has 1 heterocycles. The van der Waals surface area contributed by atoms with Crippen LogP contribution in [0.3, 0.4) is 0 Å². The molecule has 0 aliphatic rings. The molecule has 2 rings (SSSR count). The normalized spacial score (nSPS) is 11.1. The minimum atomic E-state index is -0.614. The summed E-state index contributed by atoms with van der Waals surface area (Å²) in [5, 5.41) is 1.15. The van der Waals surface area contributed by atoms with Crippen LogP contribution < -0.4 is 0 Å². The third-order valence-corrected chi connectivity index (χ3v) is 4.43. The summed E-state index contributed by atoms with van der Waals surface area (Å²) < 4.78 is 5.56. The van der Waals surface area contributed by atoms with E-state index in [1.165, 1.54) is 18.4 Å². The maximum atomic E-state index is 11.5.